The molecule has 4 aliphatic heterocycles. The monoisotopic (exact) mass is 1020 g/mol. The number of piperazine rings is 1. The van der Waals surface area contributed by atoms with E-state index in [1.165, 1.54) is 29.8 Å². The molecule has 11 rings (SSSR count). The van der Waals surface area contributed by atoms with Crippen LogP contribution >= 0.6 is 22.9 Å². The van der Waals surface area contributed by atoms with Gasteiger partial charge in [0.1, 0.15) is 35.9 Å². The molecule has 4 aromatic carbocycles. The summed E-state index contributed by atoms with van der Waals surface area (Å²) in [6.07, 6.45) is 3.13. The van der Waals surface area contributed by atoms with Crippen LogP contribution < -0.4 is 9.47 Å². The second-order valence-corrected chi connectivity index (χ2v) is 20.2. The minimum absolute atomic E-state index is 0.0782. The van der Waals surface area contributed by atoms with Gasteiger partial charge in [0.15, 0.2) is 5.82 Å². The molecule has 2 atom stereocenters. The minimum atomic E-state index is -1.16. The average molecular weight is 1030 g/mol. The van der Waals surface area contributed by atoms with Gasteiger partial charge in [0.25, 0.3) is 0 Å². The van der Waals surface area contributed by atoms with E-state index >= 15 is 0 Å². The number of benzene rings is 4. The highest BCUT2D eigenvalue weighted by atomic mass is 35.5. The SMILES string of the molecule is CCOC(=O)[C@H]1Cc2cc(ccc2OCc2ccnc([C@@H]3CCCN3C(=O)OCc3ccccc3)n2)CN(CCN2CCN(C)CC2)Cc2ccc(c(C)c2Cl)-c2c(-c3ccc(F)cc3)sc3ncnc(c23)O1. The van der Waals surface area contributed by atoms with E-state index < -0.39 is 18.2 Å². The summed E-state index contributed by atoms with van der Waals surface area (Å²) in [7, 11) is 2.16. The Balaban J connectivity index is 1.01. The number of likely N-dealkylation sites (tertiary alicyclic amines) is 1. The molecule has 0 N–H and O–H groups in total. The number of hydrogen-bond acceptors (Lipinski definition) is 14. The second kappa shape index (κ2) is 22.7. The fourth-order valence-corrected chi connectivity index (χ4v) is 11.3. The first-order valence-electron chi connectivity index (χ1n) is 24.9. The van der Waals surface area contributed by atoms with Gasteiger partial charge in [0.05, 0.1) is 23.7 Å². The molecule has 0 radical (unpaired) electrons. The number of aromatic nitrogens is 4. The lowest BCUT2D eigenvalue weighted by molar-refractivity contribution is -0.151. The number of thiophene rings is 1. The Morgan fingerprint density at radius 2 is 1.67 bits per heavy atom. The third kappa shape index (κ3) is 11.5. The highest BCUT2D eigenvalue weighted by molar-refractivity contribution is 7.22. The third-order valence-corrected chi connectivity index (χ3v) is 15.5. The smallest absolute Gasteiger partial charge is 0.410 e. The molecule has 14 nitrogen and oxygen atoms in total. The summed E-state index contributed by atoms with van der Waals surface area (Å²) < 4.78 is 39.3. The van der Waals surface area contributed by atoms with Crippen molar-refractivity contribution in [2.45, 2.75) is 71.6 Å². The van der Waals surface area contributed by atoms with E-state index in [4.69, 9.17) is 40.5 Å². The zero-order chi connectivity index (χ0) is 50.4. The zero-order valence-electron chi connectivity index (χ0n) is 41.3. The van der Waals surface area contributed by atoms with Gasteiger partial charge in [-0.25, -0.2) is 33.9 Å². The molecular formula is C56H58ClFN8O6S. The first-order valence-corrected chi connectivity index (χ1v) is 26.1. The number of rotatable bonds is 12. The van der Waals surface area contributed by atoms with Crippen molar-refractivity contribution in [2.24, 2.45) is 0 Å². The lowest BCUT2D eigenvalue weighted by atomic mass is 9.94. The normalized spacial score (nSPS) is 17.7. The molecule has 4 bridgehead atoms. The fourth-order valence-electron chi connectivity index (χ4n) is 9.89. The Labute approximate surface area is 433 Å². The highest BCUT2D eigenvalue weighted by Gasteiger charge is 2.34. The van der Waals surface area contributed by atoms with Gasteiger partial charge in [0.2, 0.25) is 12.0 Å². The lowest BCUT2D eigenvalue weighted by Crippen LogP contribution is -2.46. The molecule has 3 aromatic heterocycles. The van der Waals surface area contributed by atoms with Crippen LogP contribution in [0.5, 0.6) is 11.6 Å². The van der Waals surface area contributed by atoms with Crippen LogP contribution in [-0.4, -0.2) is 117 Å². The number of esters is 1. The first kappa shape index (κ1) is 50.0. The van der Waals surface area contributed by atoms with Crippen molar-refractivity contribution in [3.63, 3.8) is 0 Å². The van der Waals surface area contributed by atoms with Gasteiger partial charge >= 0.3 is 12.1 Å². The van der Waals surface area contributed by atoms with Gasteiger partial charge in [-0.05, 0) is 96.9 Å². The number of fused-ring (bicyclic) bond motifs is 6. The lowest BCUT2D eigenvalue weighted by Gasteiger charge is -2.34. The van der Waals surface area contributed by atoms with E-state index in [0.29, 0.717) is 58.6 Å². The molecule has 7 heterocycles. The number of carbonyl (C=O) groups excluding carboxylic acids is 2. The van der Waals surface area contributed by atoms with E-state index in [0.717, 1.165) is 95.1 Å². The quantitative estimate of drug-likeness (QED) is 0.108. The van der Waals surface area contributed by atoms with Gasteiger partial charge in [-0.3, -0.25) is 14.7 Å². The maximum atomic E-state index is 14.4. The highest BCUT2D eigenvalue weighted by Crippen LogP contribution is 2.49. The van der Waals surface area contributed by atoms with Crippen molar-refractivity contribution in [3.05, 3.63) is 154 Å². The molecule has 7 aromatic rings. The van der Waals surface area contributed by atoms with Crippen LogP contribution in [0.25, 0.3) is 31.8 Å². The van der Waals surface area contributed by atoms with Crippen LogP contribution in [0.3, 0.4) is 0 Å². The number of nitrogens with zero attached hydrogens (tertiary/aromatic N) is 8. The number of halogens is 2. The number of likely N-dealkylation sites (N-methyl/N-ethyl adjacent to an activating group) is 1. The third-order valence-electron chi connectivity index (χ3n) is 13.9. The molecule has 17 heteroatoms. The molecule has 0 aliphatic carbocycles. The summed E-state index contributed by atoms with van der Waals surface area (Å²) >= 11 is 8.89. The second-order valence-electron chi connectivity index (χ2n) is 18.8. The van der Waals surface area contributed by atoms with Crippen molar-refractivity contribution in [3.8, 4) is 33.2 Å². The van der Waals surface area contributed by atoms with Crippen LogP contribution in [0.2, 0.25) is 5.02 Å². The molecule has 73 heavy (non-hydrogen) atoms. The molecule has 378 valence electrons. The van der Waals surface area contributed by atoms with E-state index in [2.05, 4.69) is 56.0 Å². The van der Waals surface area contributed by atoms with Crippen molar-refractivity contribution < 1.29 is 32.9 Å². The largest absolute Gasteiger partial charge is 0.487 e. The number of hydrogen-bond donors (Lipinski definition) is 0. The molecule has 0 spiro atoms. The summed E-state index contributed by atoms with van der Waals surface area (Å²) in [4.78, 5) is 56.9. The van der Waals surface area contributed by atoms with Gasteiger partial charge in [-0.15, -0.1) is 11.3 Å². The summed E-state index contributed by atoms with van der Waals surface area (Å²) in [5.74, 6) is 0.334. The maximum absolute atomic E-state index is 14.4. The van der Waals surface area contributed by atoms with Crippen molar-refractivity contribution in [1.82, 2.24) is 39.5 Å². The molecular weight excluding hydrogens is 967 g/mol. The van der Waals surface area contributed by atoms with Crippen molar-refractivity contribution >= 4 is 45.2 Å². The molecule has 2 saturated heterocycles. The van der Waals surface area contributed by atoms with E-state index in [1.807, 2.05) is 43.3 Å². The Morgan fingerprint density at radius 3 is 2.48 bits per heavy atom. The van der Waals surface area contributed by atoms with Crippen LogP contribution in [0, 0.1) is 12.7 Å². The average Bonchev–Trinajstić information content (AvgIpc) is 4.06. The Kier molecular flexibility index (Phi) is 15.5. The molecule has 1 amide bonds. The van der Waals surface area contributed by atoms with E-state index in [1.54, 1.807) is 36.2 Å². The summed E-state index contributed by atoms with van der Waals surface area (Å²) in [5, 5.41) is 1.24. The Morgan fingerprint density at radius 1 is 0.863 bits per heavy atom. The molecule has 0 unspecified atom stereocenters. The maximum Gasteiger partial charge on any atom is 0.410 e. The molecule has 0 saturated carbocycles. The topological polar surface area (TPSA) is 136 Å². The van der Waals surface area contributed by atoms with Gasteiger partial charge in [0, 0.05) is 87.0 Å². The van der Waals surface area contributed by atoms with E-state index in [9.17, 15) is 14.0 Å². The number of carbonyl (C=O) groups is 2. The Bertz CT molecular complexity index is 3080. The fraction of sp³-hybridized carbons (Fsp3) is 0.357. The van der Waals surface area contributed by atoms with Crippen LogP contribution in [0.4, 0.5) is 9.18 Å². The predicted molar refractivity (Wildman–Crippen MR) is 279 cm³/mol. The number of ether oxygens (including phenoxy) is 4. The van der Waals surface area contributed by atoms with Gasteiger partial charge < -0.3 is 23.8 Å². The Hall–Kier alpha value is -6.56. The summed E-state index contributed by atoms with van der Waals surface area (Å²) in [6, 6.07) is 27.7. The zero-order valence-corrected chi connectivity index (χ0v) is 42.8. The van der Waals surface area contributed by atoms with Crippen LogP contribution in [-0.2, 0) is 47.0 Å². The minimum Gasteiger partial charge on any atom is -0.487 e. The van der Waals surface area contributed by atoms with Crippen molar-refractivity contribution in [2.75, 3.05) is 59.5 Å². The first-order chi connectivity index (χ1) is 35.6. The van der Waals surface area contributed by atoms with Gasteiger partial charge in [-0.2, -0.15) is 0 Å². The van der Waals surface area contributed by atoms with Gasteiger partial charge in [-0.1, -0.05) is 78.3 Å². The summed E-state index contributed by atoms with van der Waals surface area (Å²) in [6.45, 7) is 11.6. The van der Waals surface area contributed by atoms with Crippen molar-refractivity contribution in [1.29, 1.82) is 0 Å². The molecule has 2 fully saturated rings. The van der Waals surface area contributed by atoms with E-state index in [-0.39, 0.29) is 44.0 Å². The van der Waals surface area contributed by atoms with Crippen LogP contribution in [0.15, 0.2) is 104 Å². The molecule has 4 aliphatic rings. The predicted octanol–water partition coefficient (Wildman–Crippen LogP) is 10.1. The standard InChI is InChI=1S/C56H58ClFN8O6S/c1-4-69-55(67)47-30-41-29-38(12-19-46(41)70-34-43-20-21-59-52(62-43)45-11-8-22-66(45)56(68)71-33-37-9-6-5-7-10-37)31-65(28-27-64-25-23-63(3)24-26-64)32-40-15-18-44(36(2)50(40)57)48-49-53(72-47)60-35-61-54(49)73-51(48)39-13-16-42(58)17-14-39/h5-7,9-10,12-21,29,35,45,47H,4,8,11,22-28,30-34H2,1-3H3/t45-,47+/m0/s1. The number of amides is 1. The summed E-state index contributed by atoms with van der Waals surface area (Å²) in [5.41, 5.74) is 7.52. The van der Waals surface area contributed by atoms with Crippen LogP contribution in [0.1, 0.15) is 65.1 Å².